The number of aryl methyl sites for hydroxylation is 2. The molecule has 0 spiro atoms. The number of nitrogens with zero attached hydrogens (tertiary/aromatic N) is 2. The van der Waals surface area contributed by atoms with Gasteiger partial charge in [-0.15, -0.1) is 0 Å². The maximum absolute atomic E-state index is 8.87. The zero-order valence-corrected chi connectivity index (χ0v) is 10.6. The van der Waals surface area contributed by atoms with E-state index in [1.54, 1.807) is 6.20 Å². The van der Waals surface area contributed by atoms with Gasteiger partial charge in [0.25, 0.3) is 0 Å². The molecule has 90 valence electrons. The van der Waals surface area contributed by atoms with Crippen LogP contribution in [0.2, 0.25) is 0 Å². The minimum atomic E-state index is 0.692. The molecule has 1 heterocycles. The molecule has 1 N–H and O–H groups in total. The fraction of sp³-hybridized carbons (Fsp3) is 0.200. The molecule has 0 aliphatic heterocycles. The molecular formula is C15H15N3. The summed E-state index contributed by atoms with van der Waals surface area (Å²) in [6, 6.07) is 11.9. The van der Waals surface area contributed by atoms with Crippen molar-refractivity contribution in [1.29, 1.82) is 5.26 Å². The van der Waals surface area contributed by atoms with Gasteiger partial charge in [0.2, 0.25) is 0 Å². The van der Waals surface area contributed by atoms with E-state index in [2.05, 4.69) is 16.4 Å². The Morgan fingerprint density at radius 2 is 2.06 bits per heavy atom. The summed E-state index contributed by atoms with van der Waals surface area (Å²) in [6.45, 7) is 4.68. The molecule has 3 nitrogen and oxygen atoms in total. The molecule has 1 aromatic heterocycles. The Morgan fingerprint density at radius 3 is 2.72 bits per heavy atom. The summed E-state index contributed by atoms with van der Waals surface area (Å²) in [5.41, 5.74) is 4.93. The van der Waals surface area contributed by atoms with Gasteiger partial charge in [-0.2, -0.15) is 5.26 Å². The summed E-state index contributed by atoms with van der Waals surface area (Å²) in [7, 11) is 0. The number of nitrogens with one attached hydrogen (secondary N) is 1. The number of pyridine rings is 1. The smallest absolute Gasteiger partial charge is 0.0994 e. The van der Waals surface area contributed by atoms with Gasteiger partial charge in [0.05, 0.1) is 23.9 Å². The molecule has 2 rings (SSSR count). The summed E-state index contributed by atoms with van der Waals surface area (Å²) in [5.74, 6) is 0. The number of aromatic nitrogens is 1. The van der Waals surface area contributed by atoms with Crippen LogP contribution in [-0.4, -0.2) is 4.98 Å². The van der Waals surface area contributed by atoms with Crippen LogP contribution < -0.4 is 5.32 Å². The first-order chi connectivity index (χ1) is 8.70. The van der Waals surface area contributed by atoms with Crippen LogP contribution in [-0.2, 0) is 6.54 Å². The van der Waals surface area contributed by atoms with Crippen molar-refractivity contribution in [3.8, 4) is 6.07 Å². The van der Waals surface area contributed by atoms with Crippen LogP contribution in [0.15, 0.2) is 36.5 Å². The molecule has 0 fully saturated rings. The van der Waals surface area contributed by atoms with Gasteiger partial charge < -0.3 is 5.32 Å². The van der Waals surface area contributed by atoms with E-state index in [4.69, 9.17) is 5.26 Å². The molecule has 3 heteroatoms. The highest BCUT2D eigenvalue weighted by molar-refractivity contribution is 5.51. The average Bonchev–Trinajstić information content (AvgIpc) is 2.38. The molecule has 18 heavy (non-hydrogen) atoms. The number of hydrogen-bond acceptors (Lipinski definition) is 3. The van der Waals surface area contributed by atoms with Crippen molar-refractivity contribution in [2.45, 2.75) is 20.4 Å². The van der Waals surface area contributed by atoms with E-state index >= 15 is 0 Å². The number of nitriles is 1. The molecule has 0 atom stereocenters. The molecule has 0 bridgehead atoms. The fourth-order valence-corrected chi connectivity index (χ4v) is 1.79. The highest BCUT2D eigenvalue weighted by atomic mass is 14.9. The minimum absolute atomic E-state index is 0.692. The second kappa shape index (κ2) is 5.33. The number of benzene rings is 1. The van der Waals surface area contributed by atoms with Gasteiger partial charge in [-0.25, -0.2) is 0 Å². The second-order valence-corrected chi connectivity index (χ2v) is 4.26. The summed E-state index contributed by atoms with van der Waals surface area (Å²) in [6.07, 6.45) is 1.80. The van der Waals surface area contributed by atoms with Crippen LogP contribution >= 0.6 is 0 Å². The highest BCUT2D eigenvalue weighted by Crippen LogP contribution is 2.15. The normalized spacial score (nSPS) is 9.83. The van der Waals surface area contributed by atoms with Crippen LogP contribution in [0.3, 0.4) is 0 Å². The lowest BCUT2D eigenvalue weighted by Crippen LogP contribution is -2.03. The van der Waals surface area contributed by atoms with Crippen LogP contribution in [0.25, 0.3) is 0 Å². The Hall–Kier alpha value is -2.34. The van der Waals surface area contributed by atoms with E-state index < -0.39 is 0 Å². The zero-order valence-electron chi connectivity index (χ0n) is 10.6. The van der Waals surface area contributed by atoms with E-state index in [0.717, 1.165) is 22.5 Å². The maximum atomic E-state index is 8.87. The Balaban J connectivity index is 2.10. The third-order valence-corrected chi connectivity index (χ3v) is 2.92. The molecule has 0 radical (unpaired) electrons. The van der Waals surface area contributed by atoms with Crippen molar-refractivity contribution >= 4 is 5.69 Å². The Morgan fingerprint density at radius 1 is 1.22 bits per heavy atom. The van der Waals surface area contributed by atoms with Crippen molar-refractivity contribution in [2.75, 3.05) is 5.32 Å². The van der Waals surface area contributed by atoms with Crippen molar-refractivity contribution in [3.05, 3.63) is 58.9 Å². The van der Waals surface area contributed by atoms with E-state index in [9.17, 15) is 0 Å². The molecule has 1 aromatic carbocycles. The quantitative estimate of drug-likeness (QED) is 0.891. The first kappa shape index (κ1) is 12.1. The molecule has 0 unspecified atom stereocenters. The van der Waals surface area contributed by atoms with E-state index in [-0.39, 0.29) is 0 Å². The Kier molecular flexibility index (Phi) is 3.59. The Labute approximate surface area is 107 Å². The fourth-order valence-electron chi connectivity index (χ4n) is 1.79. The lowest BCUT2D eigenvalue weighted by molar-refractivity contribution is 1.02. The lowest BCUT2D eigenvalue weighted by atomic mass is 10.1. The summed E-state index contributed by atoms with van der Waals surface area (Å²) in [4.78, 5) is 4.33. The van der Waals surface area contributed by atoms with Crippen LogP contribution in [0, 0.1) is 25.2 Å². The van der Waals surface area contributed by atoms with E-state index in [0.29, 0.717) is 6.54 Å². The largest absolute Gasteiger partial charge is 0.379 e. The van der Waals surface area contributed by atoms with Gasteiger partial charge in [-0.3, -0.25) is 4.98 Å². The molecule has 0 saturated carbocycles. The monoisotopic (exact) mass is 237 g/mol. The second-order valence-electron chi connectivity index (χ2n) is 4.26. The molecule has 0 aliphatic rings. The number of hydrogen-bond donors (Lipinski definition) is 1. The van der Waals surface area contributed by atoms with Gasteiger partial charge in [-0.05, 0) is 49.2 Å². The molecule has 0 saturated heterocycles. The first-order valence-corrected chi connectivity index (χ1v) is 5.86. The van der Waals surface area contributed by atoms with Crippen LogP contribution in [0.5, 0.6) is 0 Å². The number of rotatable bonds is 3. The highest BCUT2D eigenvalue weighted by Gasteiger charge is 2.01. The summed E-state index contributed by atoms with van der Waals surface area (Å²) in [5, 5.41) is 12.2. The standard InChI is InChI=1S/C15H15N3/c1-11-4-3-7-17-15(11)10-18-14-6-5-13(9-16)12(2)8-14/h3-8,18H,10H2,1-2H3. The minimum Gasteiger partial charge on any atom is -0.379 e. The zero-order chi connectivity index (χ0) is 13.0. The average molecular weight is 237 g/mol. The third kappa shape index (κ3) is 2.67. The molecule has 0 amide bonds. The third-order valence-electron chi connectivity index (χ3n) is 2.92. The predicted molar refractivity (Wildman–Crippen MR) is 72.2 cm³/mol. The Bertz CT molecular complexity index is 597. The molecule has 2 aromatic rings. The first-order valence-electron chi connectivity index (χ1n) is 5.86. The van der Waals surface area contributed by atoms with Crippen molar-refractivity contribution in [2.24, 2.45) is 0 Å². The van der Waals surface area contributed by atoms with E-state index in [1.165, 1.54) is 5.56 Å². The van der Waals surface area contributed by atoms with Crippen molar-refractivity contribution in [3.63, 3.8) is 0 Å². The summed E-state index contributed by atoms with van der Waals surface area (Å²) < 4.78 is 0. The lowest BCUT2D eigenvalue weighted by Gasteiger charge is -2.09. The van der Waals surface area contributed by atoms with Gasteiger partial charge in [0.15, 0.2) is 0 Å². The van der Waals surface area contributed by atoms with Crippen LogP contribution in [0.4, 0.5) is 5.69 Å². The number of anilines is 1. The van der Waals surface area contributed by atoms with Gasteiger partial charge in [-0.1, -0.05) is 6.07 Å². The SMILES string of the molecule is Cc1cc(NCc2ncccc2C)ccc1C#N. The summed E-state index contributed by atoms with van der Waals surface area (Å²) >= 11 is 0. The van der Waals surface area contributed by atoms with Crippen LogP contribution in [0.1, 0.15) is 22.4 Å². The van der Waals surface area contributed by atoms with Gasteiger partial charge in [0, 0.05) is 11.9 Å². The molecule has 0 aliphatic carbocycles. The maximum Gasteiger partial charge on any atom is 0.0994 e. The van der Waals surface area contributed by atoms with Gasteiger partial charge in [0.1, 0.15) is 0 Å². The topological polar surface area (TPSA) is 48.7 Å². The van der Waals surface area contributed by atoms with Crippen molar-refractivity contribution in [1.82, 2.24) is 4.98 Å². The van der Waals surface area contributed by atoms with Crippen molar-refractivity contribution < 1.29 is 0 Å². The molecular weight excluding hydrogens is 222 g/mol. The predicted octanol–water partition coefficient (Wildman–Crippen LogP) is 3.18. The van der Waals surface area contributed by atoms with Gasteiger partial charge >= 0.3 is 0 Å². The van der Waals surface area contributed by atoms with E-state index in [1.807, 2.05) is 44.2 Å².